The van der Waals surface area contributed by atoms with Crippen molar-refractivity contribution in [2.75, 3.05) is 6.54 Å². The number of nitrogens with zero attached hydrogens (tertiary/aromatic N) is 2. The Labute approximate surface area is 133 Å². The summed E-state index contributed by atoms with van der Waals surface area (Å²) in [5.41, 5.74) is 0.643. The number of carbonyl (C=O) groups is 1. The Morgan fingerprint density at radius 1 is 1.36 bits per heavy atom. The zero-order chi connectivity index (χ0) is 16.9. The van der Waals surface area contributed by atoms with E-state index in [1.165, 1.54) is 0 Å². The second kappa shape index (κ2) is 7.63. The molecule has 1 aromatic heterocycles. The third kappa shape index (κ3) is 6.47. The lowest BCUT2D eigenvalue weighted by atomic mass is 10.0. The molecule has 0 bridgehead atoms. The molecule has 1 aromatic rings. The molecule has 2 atom stereocenters. The number of hydrogen-bond acceptors (Lipinski definition) is 4. The summed E-state index contributed by atoms with van der Waals surface area (Å²) in [5, 5.41) is 10.6. The van der Waals surface area contributed by atoms with Gasteiger partial charge in [-0.15, -0.1) is 0 Å². The molecule has 0 saturated heterocycles. The van der Waals surface area contributed by atoms with Gasteiger partial charge in [-0.3, -0.25) is 4.68 Å². The van der Waals surface area contributed by atoms with Gasteiger partial charge in [-0.25, -0.2) is 4.79 Å². The van der Waals surface area contributed by atoms with Gasteiger partial charge in [-0.1, -0.05) is 13.8 Å². The summed E-state index contributed by atoms with van der Waals surface area (Å²) in [4.78, 5) is 11.9. The van der Waals surface area contributed by atoms with Crippen molar-refractivity contribution in [2.45, 2.75) is 59.2 Å². The summed E-state index contributed by atoms with van der Waals surface area (Å²) in [5.74, 6) is 0.307. The normalized spacial score (nSPS) is 14.7. The zero-order valence-electron chi connectivity index (χ0n) is 14.8. The SMILES string of the molecule is CC(NCC(NC(=O)OC(C)(C)C)C(C)C)c1cnn(C)c1. The molecule has 1 amide bonds. The molecule has 22 heavy (non-hydrogen) atoms. The van der Waals surface area contributed by atoms with Gasteiger partial charge in [0.25, 0.3) is 0 Å². The van der Waals surface area contributed by atoms with Crippen molar-refractivity contribution in [2.24, 2.45) is 13.0 Å². The second-order valence-corrected chi connectivity index (χ2v) is 7.07. The molecule has 1 rings (SSSR count). The van der Waals surface area contributed by atoms with Crippen LogP contribution >= 0.6 is 0 Å². The lowest BCUT2D eigenvalue weighted by molar-refractivity contribution is 0.0489. The number of aryl methyl sites for hydroxylation is 1. The summed E-state index contributed by atoms with van der Waals surface area (Å²) in [6.07, 6.45) is 3.47. The first-order valence-electron chi connectivity index (χ1n) is 7.80. The van der Waals surface area contributed by atoms with E-state index in [2.05, 4.69) is 36.5 Å². The Bertz CT molecular complexity index is 477. The Morgan fingerprint density at radius 3 is 2.45 bits per heavy atom. The molecule has 2 unspecified atom stereocenters. The van der Waals surface area contributed by atoms with Gasteiger partial charge >= 0.3 is 6.09 Å². The van der Waals surface area contributed by atoms with Crippen LogP contribution in [0.2, 0.25) is 0 Å². The van der Waals surface area contributed by atoms with E-state index in [0.717, 1.165) is 5.56 Å². The van der Waals surface area contributed by atoms with Crippen molar-refractivity contribution in [3.8, 4) is 0 Å². The van der Waals surface area contributed by atoms with Crippen molar-refractivity contribution in [1.82, 2.24) is 20.4 Å². The standard InChI is InChI=1S/C16H30N4O2/c1-11(2)14(19-15(21)22-16(4,5)6)9-17-12(3)13-8-18-20(7)10-13/h8,10-12,14,17H,9H2,1-7H3,(H,19,21). The molecular weight excluding hydrogens is 280 g/mol. The fraction of sp³-hybridized carbons (Fsp3) is 0.750. The van der Waals surface area contributed by atoms with Crippen molar-refractivity contribution in [3.05, 3.63) is 18.0 Å². The van der Waals surface area contributed by atoms with Crippen LogP contribution in [0.25, 0.3) is 0 Å². The molecule has 0 fully saturated rings. The zero-order valence-corrected chi connectivity index (χ0v) is 14.8. The van der Waals surface area contributed by atoms with Crippen LogP contribution in [0.3, 0.4) is 0 Å². The molecule has 6 nitrogen and oxygen atoms in total. The summed E-state index contributed by atoms with van der Waals surface area (Å²) < 4.78 is 7.11. The topological polar surface area (TPSA) is 68.2 Å². The van der Waals surface area contributed by atoms with Gasteiger partial charge in [0.15, 0.2) is 0 Å². The molecule has 1 heterocycles. The number of carbonyl (C=O) groups excluding carboxylic acids is 1. The first-order valence-corrected chi connectivity index (χ1v) is 7.80. The maximum atomic E-state index is 11.9. The molecule has 126 valence electrons. The predicted octanol–water partition coefficient (Wildman–Crippen LogP) is 2.62. The maximum Gasteiger partial charge on any atom is 0.407 e. The minimum Gasteiger partial charge on any atom is -0.444 e. The Kier molecular flexibility index (Phi) is 6.41. The first-order chi connectivity index (χ1) is 10.1. The van der Waals surface area contributed by atoms with Crippen LogP contribution < -0.4 is 10.6 Å². The summed E-state index contributed by atoms with van der Waals surface area (Å²) in [7, 11) is 1.90. The first kappa shape index (κ1) is 18.5. The fourth-order valence-electron chi connectivity index (χ4n) is 2.00. The van der Waals surface area contributed by atoms with Crippen LogP contribution in [0.1, 0.15) is 53.1 Å². The molecular formula is C16H30N4O2. The third-order valence-corrected chi connectivity index (χ3v) is 3.38. The predicted molar refractivity (Wildman–Crippen MR) is 87.6 cm³/mol. The van der Waals surface area contributed by atoms with Gasteiger partial charge in [-0.05, 0) is 33.6 Å². The van der Waals surface area contributed by atoms with E-state index in [4.69, 9.17) is 4.74 Å². The molecule has 0 spiro atoms. The van der Waals surface area contributed by atoms with Crippen LogP contribution in [0.4, 0.5) is 4.79 Å². The summed E-state index contributed by atoms with van der Waals surface area (Å²) >= 11 is 0. The van der Waals surface area contributed by atoms with Gasteiger partial charge in [0.05, 0.1) is 6.20 Å². The van der Waals surface area contributed by atoms with E-state index >= 15 is 0 Å². The minimum absolute atomic E-state index is 0.00831. The number of aromatic nitrogens is 2. The lowest BCUT2D eigenvalue weighted by Crippen LogP contribution is -2.47. The quantitative estimate of drug-likeness (QED) is 0.847. The Morgan fingerprint density at radius 2 is 2.00 bits per heavy atom. The number of nitrogens with one attached hydrogen (secondary N) is 2. The average molecular weight is 310 g/mol. The van der Waals surface area contributed by atoms with Crippen molar-refractivity contribution < 1.29 is 9.53 Å². The highest BCUT2D eigenvalue weighted by Gasteiger charge is 2.22. The number of amides is 1. The molecule has 0 aliphatic rings. The molecule has 2 N–H and O–H groups in total. The Hall–Kier alpha value is -1.56. The molecule has 0 aliphatic heterocycles. The number of rotatable bonds is 6. The summed E-state index contributed by atoms with van der Waals surface area (Å²) in [6, 6.07) is 0.185. The highest BCUT2D eigenvalue weighted by atomic mass is 16.6. The van der Waals surface area contributed by atoms with Gasteiger partial charge in [-0.2, -0.15) is 5.10 Å². The van der Waals surface area contributed by atoms with Gasteiger partial charge in [0.1, 0.15) is 5.60 Å². The van der Waals surface area contributed by atoms with E-state index < -0.39 is 5.60 Å². The molecule has 0 aliphatic carbocycles. The van der Waals surface area contributed by atoms with Crippen LogP contribution in [0, 0.1) is 5.92 Å². The van der Waals surface area contributed by atoms with Crippen LogP contribution in [0.15, 0.2) is 12.4 Å². The molecule has 0 aromatic carbocycles. The Balaban J connectivity index is 2.52. The monoisotopic (exact) mass is 310 g/mol. The van der Waals surface area contributed by atoms with Gasteiger partial charge in [0, 0.05) is 37.4 Å². The van der Waals surface area contributed by atoms with E-state index in [1.54, 1.807) is 4.68 Å². The van der Waals surface area contributed by atoms with Crippen molar-refractivity contribution in [1.29, 1.82) is 0 Å². The molecule has 0 saturated carbocycles. The van der Waals surface area contributed by atoms with Crippen molar-refractivity contribution in [3.63, 3.8) is 0 Å². The second-order valence-electron chi connectivity index (χ2n) is 7.07. The van der Waals surface area contributed by atoms with Gasteiger partial charge < -0.3 is 15.4 Å². The van der Waals surface area contributed by atoms with E-state index in [1.807, 2.05) is 40.2 Å². The number of alkyl carbamates (subject to hydrolysis) is 1. The lowest BCUT2D eigenvalue weighted by Gasteiger charge is -2.27. The van der Waals surface area contributed by atoms with Crippen LogP contribution in [-0.4, -0.2) is 34.1 Å². The number of hydrogen-bond donors (Lipinski definition) is 2. The smallest absolute Gasteiger partial charge is 0.407 e. The molecule has 0 radical (unpaired) electrons. The molecule has 6 heteroatoms. The summed E-state index contributed by atoms with van der Waals surface area (Å²) in [6.45, 7) is 12.5. The minimum atomic E-state index is -0.484. The largest absolute Gasteiger partial charge is 0.444 e. The van der Waals surface area contributed by atoms with Crippen LogP contribution in [-0.2, 0) is 11.8 Å². The fourth-order valence-corrected chi connectivity index (χ4v) is 2.00. The highest BCUT2D eigenvalue weighted by Crippen LogP contribution is 2.12. The third-order valence-electron chi connectivity index (χ3n) is 3.38. The number of ether oxygens (including phenoxy) is 1. The van der Waals surface area contributed by atoms with E-state index in [-0.39, 0.29) is 18.2 Å². The van der Waals surface area contributed by atoms with E-state index in [0.29, 0.717) is 12.5 Å². The highest BCUT2D eigenvalue weighted by molar-refractivity contribution is 5.68. The van der Waals surface area contributed by atoms with E-state index in [9.17, 15) is 4.79 Å². The van der Waals surface area contributed by atoms with Crippen LogP contribution in [0.5, 0.6) is 0 Å². The van der Waals surface area contributed by atoms with Crippen molar-refractivity contribution >= 4 is 6.09 Å². The van der Waals surface area contributed by atoms with Gasteiger partial charge in [0.2, 0.25) is 0 Å². The average Bonchev–Trinajstić information content (AvgIpc) is 2.78. The maximum absolute atomic E-state index is 11.9.